The molecule has 27 heavy (non-hydrogen) atoms. The van der Waals surface area contributed by atoms with E-state index in [0.717, 1.165) is 17.9 Å². The Hall–Kier alpha value is -1.96. The second-order valence-corrected chi connectivity index (χ2v) is 8.71. The Labute approximate surface area is 160 Å². The summed E-state index contributed by atoms with van der Waals surface area (Å²) >= 11 is 0. The van der Waals surface area contributed by atoms with Crippen molar-refractivity contribution < 1.29 is 17.5 Å². The molecule has 0 N–H and O–H groups in total. The van der Waals surface area contributed by atoms with Gasteiger partial charge in [-0.3, -0.25) is 4.90 Å². The average Bonchev–Trinajstić information content (AvgIpc) is 2.66. The fourth-order valence-corrected chi connectivity index (χ4v) is 4.63. The van der Waals surface area contributed by atoms with E-state index in [1.807, 2.05) is 31.2 Å². The molecule has 146 valence electrons. The van der Waals surface area contributed by atoms with Gasteiger partial charge >= 0.3 is 0 Å². The highest BCUT2D eigenvalue weighted by Gasteiger charge is 2.28. The van der Waals surface area contributed by atoms with E-state index in [-0.39, 0.29) is 4.90 Å². The van der Waals surface area contributed by atoms with Crippen molar-refractivity contribution >= 4 is 10.0 Å². The molecule has 3 rings (SSSR count). The molecule has 1 heterocycles. The third-order valence-corrected chi connectivity index (χ3v) is 6.75. The minimum absolute atomic E-state index is 0.151. The highest BCUT2D eigenvalue weighted by atomic mass is 32.2. The van der Waals surface area contributed by atoms with E-state index in [0.29, 0.717) is 38.3 Å². The molecule has 2 aromatic rings. The maximum Gasteiger partial charge on any atom is 0.243 e. The fourth-order valence-electron chi connectivity index (χ4n) is 3.12. The maximum atomic E-state index is 13.4. The Morgan fingerprint density at radius 3 is 2.37 bits per heavy atom. The minimum atomic E-state index is -3.59. The molecule has 5 nitrogen and oxygen atoms in total. The molecule has 0 atom stereocenters. The summed E-state index contributed by atoms with van der Waals surface area (Å²) in [6, 6.07) is 11.8. The molecule has 1 fully saturated rings. The summed E-state index contributed by atoms with van der Waals surface area (Å²) in [6.45, 7) is 7.03. The van der Waals surface area contributed by atoms with Crippen molar-refractivity contribution in [3.63, 3.8) is 0 Å². The second-order valence-electron chi connectivity index (χ2n) is 6.77. The number of nitrogens with zero attached hydrogens (tertiary/aromatic N) is 2. The largest absolute Gasteiger partial charge is 0.492 e. The molecule has 0 saturated carbocycles. The number of halogens is 1. The van der Waals surface area contributed by atoms with Gasteiger partial charge in [0.15, 0.2) is 0 Å². The summed E-state index contributed by atoms with van der Waals surface area (Å²) in [4.78, 5) is 2.35. The second kappa shape index (κ2) is 8.37. The summed E-state index contributed by atoms with van der Waals surface area (Å²) in [5.41, 5.74) is 1.44. The van der Waals surface area contributed by atoms with Crippen molar-refractivity contribution in [3.05, 3.63) is 59.4 Å². The van der Waals surface area contributed by atoms with Crippen molar-refractivity contribution in [2.24, 2.45) is 0 Å². The fraction of sp³-hybridized carbons (Fsp3) is 0.400. The Balaban J connectivity index is 1.52. The van der Waals surface area contributed by atoms with Crippen LogP contribution in [0.15, 0.2) is 47.4 Å². The van der Waals surface area contributed by atoms with E-state index in [1.165, 1.54) is 22.5 Å². The molecule has 0 amide bonds. The Kier molecular flexibility index (Phi) is 6.14. The van der Waals surface area contributed by atoms with E-state index < -0.39 is 15.8 Å². The first-order valence-electron chi connectivity index (χ1n) is 9.05. The van der Waals surface area contributed by atoms with Gasteiger partial charge in [-0.05, 0) is 49.2 Å². The smallest absolute Gasteiger partial charge is 0.243 e. The van der Waals surface area contributed by atoms with Crippen LogP contribution in [0.3, 0.4) is 0 Å². The Morgan fingerprint density at radius 2 is 1.70 bits per heavy atom. The minimum Gasteiger partial charge on any atom is -0.492 e. The van der Waals surface area contributed by atoms with Crippen LogP contribution in [0.4, 0.5) is 4.39 Å². The van der Waals surface area contributed by atoms with Crippen LogP contribution >= 0.6 is 0 Å². The summed E-state index contributed by atoms with van der Waals surface area (Å²) in [6.07, 6.45) is 0. The van der Waals surface area contributed by atoms with Gasteiger partial charge in [0.05, 0.1) is 4.90 Å². The highest BCUT2D eigenvalue weighted by molar-refractivity contribution is 7.89. The lowest BCUT2D eigenvalue weighted by Crippen LogP contribution is -2.49. The molecule has 0 spiro atoms. The van der Waals surface area contributed by atoms with Gasteiger partial charge in [0, 0.05) is 32.7 Å². The molecule has 0 unspecified atom stereocenters. The zero-order chi connectivity index (χ0) is 19.4. The van der Waals surface area contributed by atoms with Gasteiger partial charge in [0.1, 0.15) is 18.2 Å². The summed E-state index contributed by atoms with van der Waals surface area (Å²) in [5.74, 6) is 0.484. The van der Waals surface area contributed by atoms with E-state index in [2.05, 4.69) is 4.90 Å². The lowest BCUT2D eigenvalue weighted by atomic mass is 10.2. The van der Waals surface area contributed by atoms with E-state index in [1.54, 1.807) is 6.92 Å². The van der Waals surface area contributed by atoms with E-state index >= 15 is 0 Å². The van der Waals surface area contributed by atoms with Crippen LogP contribution in [0.5, 0.6) is 5.75 Å². The number of sulfonamides is 1. The molecular formula is C20H25FN2O3S. The zero-order valence-electron chi connectivity index (χ0n) is 15.7. The molecule has 0 aliphatic carbocycles. The Morgan fingerprint density at radius 1 is 1.00 bits per heavy atom. The van der Waals surface area contributed by atoms with Crippen molar-refractivity contribution in [1.82, 2.24) is 9.21 Å². The average molecular weight is 392 g/mol. The molecule has 0 radical (unpaired) electrons. The molecule has 1 aliphatic rings. The number of benzene rings is 2. The summed E-state index contributed by atoms with van der Waals surface area (Å²) < 4.78 is 46.2. The van der Waals surface area contributed by atoms with Crippen LogP contribution in [0.1, 0.15) is 11.1 Å². The van der Waals surface area contributed by atoms with Crippen LogP contribution in [-0.4, -0.2) is 57.0 Å². The number of hydrogen-bond acceptors (Lipinski definition) is 4. The lowest BCUT2D eigenvalue weighted by Gasteiger charge is -2.33. The van der Waals surface area contributed by atoms with Crippen molar-refractivity contribution in [2.75, 3.05) is 39.3 Å². The first kappa shape index (κ1) is 19.8. The predicted molar refractivity (Wildman–Crippen MR) is 103 cm³/mol. The zero-order valence-corrected chi connectivity index (χ0v) is 16.5. The van der Waals surface area contributed by atoms with E-state index in [4.69, 9.17) is 4.74 Å². The predicted octanol–water partition coefficient (Wildman–Crippen LogP) is 2.83. The highest BCUT2D eigenvalue weighted by Crippen LogP contribution is 2.20. The lowest BCUT2D eigenvalue weighted by molar-refractivity contribution is 0.158. The maximum absolute atomic E-state index is 13.4. The first-order valence-corrected chi connectivity index (χ1v) is 10.5. The van der Waals surface area contributed by atoms with Gasteiger partial charge in [0.25, 0.3) is 0 Å². The van der Waals surface area contributed by atoms with Crippen molar-refractivity contribution in [3.8, 4) is 5.75 Å². The number of ether oxygens (including phenoxy) is 1. The van der Waals surface area contributed by atoms with Gasteiger partial charge in [-0.1, -0.05) is 18.2 Å². The van der Waals surface area contributed by atoms with Crippen LogP contribution in [-0.2, 0) is 10.0 Å². The van der Waals surface area contributed by atoms with Crippen LogP contribution < -0.4 is 4.74 Å². The third kappa shape index (κ3) is 4.66. The molecule has 0 bridgehead atoms. The number of para-hydroxylation sites is 1. The Bertz CT molecular complexity index is 894. The van der Waals surface area contributed by atoms with Crippen LogP contribution in [0.25, 0.3) is 0 Å². The van der Waals surface area contributed by atoms with Crippen LogP contribution in [0, 0.1) is 19.7 Å². The van der Waals surface area contributed by atoms with Gasteiger partial charge in [0.2, 0.25) is 10.0 Å². The monoisotopic (exact) mass is 392 g/mol. The summed E-state index contributed by atoms with van der Waals surface area (Å²) in [7, 11) is -3.59. The quantitative estimate of drug-likeness (QED) is 0.759. The topological polar surface area (TPSA) is 49.9 Å². The molecular weight excluding hydrogens is 367 g/mol. The van der Waals surface area contributed by atoms with E-state index in [9.17, 15) is 12.8 Å². The molecule has 1 aliphatic heterocycles. The number of aryl methyl sites for hydroxylation is 2. The van der Waals surface area contributed by atoms with Crippen molar-refractivity contribution in [1.29, 1.82) is 0 Å². The number of rotatable bonds is 6. The normalized spacial score (nSPS) is 16.4. The van der Waals surface area contributed by atoms with Crippen LogP contribution in [0.2, 0.25) is 0 Å². The standard InChI is InChI=1S/C20H25FN2O3S/c1-16-5-3-4-6-20(16)26-14-13-22-9-11-23(12-10-22)27(24,25)18-7-8-19(21)17(2)15-18/h3-8,15H,9-14H2,1-2H3. The molecule has 1 saturated heterocycles. The van der Waals surface area contributed by atoms with Gasteiger partial charge < -0.3 is 4.74 Å². The molecule has 2 aromatic carbocycles. The number of piperazine rings is 1. The molecule has 0 aromatic heterocycles. The SMILES string of the molecule is Cc1cc(S(=O)(=O)N2CCN(CCOc3ccccc3C)CC2)ccc1F. The first-order chi connectivity index (χ1) is 12.9. The van der Waals surface area contributed by atoms with Gasteiger partial charge in [-0.2, -0.15) is 4.31 Å². The van der Waals surface area contributed by atoms with Crippen molar-refractivity contribution in [2.45, 2.75) is 18.7 Å². The number of hydrogen-bond donors (Lipinski definition) is 0. The summed E-state index contributed by atoms with van der Waals surface area (Å²) in [5, 5.41) is 0. The van der Waals surface area contributed by atoms with Gasteiger partial charge in [-0.15, -0.1) is 0 Å². The molecule has 7 heteroatoms. The van der Waals surface area contributed by atoms with Gasteiger partial charge in [-0.25, -0.2) is 12.8 Å². The third-order valence-electron chi connectivity index (χ3n) is 4.86.